The minimum Gasteiger partial charge on any atom is -0.481 e. The van der Waals surface area contributed by atoms with Gasteiger partial charge in [-0.3, -0.25) is 14.5 Å². The minimum atomic E-state index is -1.01. The van der Waals surface area contributed by atoms with E-state index in [1.807, 2.05) is 47.4 Å². The molecule has 0 saturated carbocycles. The number of fused-ring (bicyclic) bond motifs is 5. The fourth-order valence-electron chi connectivity index (χ4n) is 6.95. The smallest absolute Gasteiger partial charge is 0.407 e. The highest BCUT2D eigenvalue weighted by Crippen LogP contribution is 2.44. The second-order valence-corrected chi connectivity index (χ2v) is 11.6. The molecule has 1 aliphatic carbocycles. The molecule has 0 spiro atoms. The third-order valence-electron chi connectivity index (χ3n) is 9.03. The molecule has 2 heterocycles. The third kappa shape index (κ3) is 5.90. The number of rotatable bonds is 9. The van der Waals surface area contributed by atoms with Crippen molar-refractivity contribution in [2.24, 2.45) is 0 Å². The van der Waals surface area contributed by atoms with E-state index in [-0.39, 0.29) is 37.3 Å². The van der Waals surface area contributed by atoms with Gasteiger partial charge in [0.05, 0.1) is 0 Å². The molecule has 42 heavy (non-hydrogen) atoms. The number of hydrogen-bond acceptors (Lipinski definition) is 5. The lowest BCUT2D eigenvalue weighted by Crippen LogP contribution is -2.51. The maximum atomic E-state index is 13.8. The zero-order chi connectivity index (χ0) is 29.1. The Morgan fingerprint density at radius 2 is 1.50 bits per heavy atom. The van der Waals surface area contributed by atoms with Crippen molar-refractivity contribution in [2.75, 3.05) is 19.7 Å². The van der Waals surface area contributed by atoms with Crippen LogP contribution < -0.4 is 5.32 Å². The number of likely N-dealkylation sites (tertiary alicyclic amines) is 1. The van der Waals surface area contributed by atoms with E-state index in [9.17, 15) is 19.5 Å². The summed E-state index contributed by atoms with van der Waals surface area (Å²) in [6.07, 6.45) is 2.06. The Morgan fingerprint density at radius 1 is 0.857 bits per heavy atom. The molecule has 2 fully saturated rings. The number of hydrogen-bond donors (Lipinski definition) is 2. The van der Waals surface area contributed by atoms with E-state index in [1.165, 1.54) is 5.56 Å². The van der Waals surface area contributed by atoms with E-state index >= 15 is 0 Å². The molecule has 3 atom stereocenters. The highest BCUT2D eigenvalue weighted by Gasteiger charge is 2.40. The van der Waals surface area contributed by atoms with Gasteiger partial charge in [-0.25, -0.2) is 4.79 Å². The van der Waals surface area contributed by atoms with Crippen LogP contribution in [0.5, 0.6) is 0 Å². The van der Waals surface area contributed by atoms with E-state index in [0.717, 1.165) is 48.1 Å². The summed E-state index contributed by atoms with van der Waals surface area (Å²) in [5.74, 6) is -1.35. The SMILES string of the molecule is O=C(O)CCC(NC(=O)OCC1c2ccccc2-c2ccccc21)C(=O)N1CC[C@@H]2CC[C@H](C1)N2Cc1ccccc1. The molecule has 3 aromatic carbocycles. The number of carboxylic acid groups (broad SMARTS) is 1. The molecular formula is C34H37N3O5. The van der Waals surface area contributed by atoms with E-state index in [0.29, 0.717) is 19.1 Å². The molecule has 8 heteroatoms. The van der Waals surface area contributed by atoms with Crippen LogP contribution in [0, 0.1) is 0 Å². The van der Waals surface area contributed by atoms with Crippen LogP contribution in [0.15, 0.2) is 78.9 Å². The van der Waals surface area contributed by atoms with Gasteiger partial charge >= 0.3 is 12.1 Å². The van der Waals surface area contributed by atoms with E-state index < -0.39 is 18.1 Å². The Morgan fingerprint density at radius 3 is 2.19 bits per heavy atom. The van der Waals surface area contributed by atoms with Gasteiger partial charge < -0.3 is 20.1 Å². The number of aliphatic carboxylic acids is 1. The van der Waals surface area contributed by atoms with E-state index in [1.54, 1.807) is 0 Å². The summed E-state index contributed by atoms with van der Waals surface area (Å²) in [4.78, 5) is 42.6. The van der Waals surface area contributed by atoms with Crippen molar-refractivity contribution in [3.05, 3.63) is 95.6 Å². The molecule has 3 aromatic rings. The van der Waals surface area contributed by atoms with Gasteiger partial charge in [-0.15, -0.1) is 0 Å². The van der Waals surface area contributed by atoms with Crippen LogP contribution in [0.25, 0.3) is 11.1 Å². The van der Waals surface area contributed by atoms with Crippen molar-refractivity contribution in [3.8, 4) is 11.1 Å². The van der Waals surface area contributed by atoms with Crippen LogP contribution >= 0.6 is 0 Å². The highest BCUT2D eigenvalue weighted by molar-refractivity contribution is 5.86. The maximum absolute atomic E-state index is 13.8. The minimum absolute atomic E-state index is 0.0106. The van der Waals surface area contributed by atoms with Crippen molar-refractivity contribution in [1.82, 2.24) is 15.1 Å². The molecule has 0 radical (unpaired) electrons. The molecule has 3 aliphatic rings. The third-order valence-corrected chi connectivity index (χ3v) is 9.03. The lowest BCUT2D eigenvalue weighted by molar-refractivity contribution is -0.138. The Kier molecular flexibility index (Phi) is 8.24. The summed E-state index contributed by atoms with van der Waals surface area (Å²) in [7, 11) is 0. The molecule has 2 saturated heterocycles. The average molecular weight is 568 g/mol. The van der Waals surface area contributed by atoms with Crippen molar-refractivity contribution in [1.29, 1.82) is 0 Å². The van der Waals surface area contributed by atoms with Crippen LogP contribution in [0.3, 0.4) is 0 Å². The number of alkyl carbamates (subject to hydrolysis) is 1. The quantitative estimate of drug-likeness (QED) is 0.377. The second-order valence-electron chi connectivity index (χ2n) is 11.6. The van der Waals surface area contributed by atoms with Gasteiger partial charge in [0.1, 0.15) is 12.6 Å². The molecule has 1 unspecified atom stereocenters. The Labute approximate surface area is 246 Å². The zero-order valence-corrected chi connectivity index (χ0v) is 23.7. The van der Waals surface area contributed by atoms with Gasteiger partial charge in [0.25, 0.3) is 0 Å². The first-order chi connectivity index (χ1) is 20.5. The lowest BCUT2D eigenvalue weighted by Gasteiger charge is -2.30. The molecule has 2 N–H and O–H groups in total. The molecule has 6 rings (SSSR count). The molecule has 2 amide bonds. The summed E-state index contributed by atoms with van der Waals surface area (Å²) in [6, 6.07) is 26.3. The number of benzene rings is 3. The number of nitrogens with one attached hydrogen (secondary N) is 1. The first-order valence-electron chi connectivity index (χ1n) is 14.9. The Hall–Kier alpha value is -4.17. The first-order valence-corrected chi connectivity index (χ1v) is 14.9. The lowest BCUT2D eigenvalue weighted by atomic mass is 9.98. The molecule has 218 valence electrons. The molecular weight excluding hydrogens is 530 g/mol. The van der Waals surface area contributed by atoms with Gasteiger partial charge in [0, 0.05) is 44.1 Å². The van der Waals surface area contributed by atoms with Crippen LogP contribution in [0.1, 0.15) is 54.7 Å². The number of amides is 2. The average Bonchev–Trinajstić information content (AvgIpc) is 3.46. The number of ether oxygens (including phenoxy) is 1. The monoisotopic (exact) mass is 567 g/mol. The zero-order valence-electron chi connectivity index (χ0n) is 23.7. The van der Waals surface area contributed by atoms with Gasteiger partial charge in [0.15, 0.2) is 0 Å². The molecule has 2 bridgehead atoms. The van der Waals surface area contributed by atoms with Crippen LogP contribution in [0.2, 0.25) is 0 Å². The maximum Gasteiger partial charge on any atom is 0.407 e. The predicted molar refractivity (Wildman–Crippen MR) is 159 cm³/mol. The largest absolute Gasteiger partial charge is 0.481 e. The summed E-state index contributed by atoms with van der Waals surface area (Å²) < 4.78 is 5.70. The standard InChI is InChI=1S/C34H37N3O5/c38-32(39)17-16-31(33(40)36-19-18-24-14-15-25(21-36)37(24)20-23-8-2-1-3-9-23)35-34(41)42-22-30-28-12-6-4-10-26(28)27-11-5-7-13-29(27)30/h1-13,24-25,30-31H,14-22H2,(H,35,41)(H,38,39)/t24-,25+,31?/m0/s1. The van der Waals surface area contributed by atoms with Crippen molar-refractivity contribution in [3.63, 3.8) is 0 Å². The Bertz CT molecular complexity index is 1400. The summed E-state index contributed by atoms with van der Waals surface area (Å²) in [5.41, 5.74) is 5.72. The number of nitrogens with zero attached hydrogens (tertiary/aromatic N) is 2. The van der Waals surface area contributed by atoms with Crippen LogP contribution in [0.4, 0.5) is 4.79 Å². The van der Waals surface area contributed by atoms with Gasteiger partial charge in [-0.2, -0.15) is 0 Å². The number of carbonyl (C=O) groups is 3. The topological polar surface area (TPSA) is 99.2 Å². The number of carboxylic acids is 1. The Balaban J connectivity index is 1.11. The summed E-state index contributed by atoms with van der Waals surface area (Å²) >= 11 is 0. The van der Waals surface area contributed by atoms with Gasteiger partial charge in [-0.1, -0.05) is 78.9 Å². The fraction of sp³-hybridized carbons (Fsp3) is 0.382. The van der Waals surface area contributed by atoms with Crippen molar-refractivity contribution in [2.45, 2.75) is 62.7 Å². The van der Waals surface area contributed by atoms with Crippen molar-refractivity contribution < 1.29 is 24.2 Å². The summed E-state index contributed by atoms with van der Waals surface area (Å²) in [5, 5.41) is 12.1. The second kappa shape index (κ2) is 12.4. The first kappa shape index (κ1) is 28.0. The van der Waals surface area contributed by atoms with Crippen LogP contribution in [-0.2, 0) is 20.9 Å². The van der Waals surface area contributed by atoms with Gasteiger partial charge in [0.2, 0.25) is 5.91 Å². The van der Waals surface area contributed by atoms with Gasteiger partial charge in [-0.05, 0) is 53.5 Å². The van der Waals surface area contributed by atoms with Crippen LogP contribution in [-0.4, -0.2) is 70.7 Å². The predicted octanol–water partition coefficient (Wildman–Crippen LogP) is 5.02. The summed E-state index contributed by atoms with van der Waals surface area (Å²) in [6.45, 7) is 2.12. The highest BCUT2D eigenvalue weighted by atomic mass is 16.5. The molecule has 0 aromatic heterocycles. The van der Waals surface area contributed by atoms with E-state index in [2.05, 4.69) is 46.6 Å². The molecule has 2 aliphatic heterocycles. The fourth-order valence-corrected chi connectivity index (χ4v) is 6.95. The molecule has 8 nitrogen and oxygen atoms in total. The number of carbonyl (C=O) groups excluding carboxylic acids is 2. The van der Waals surface area contributed by atoms with E-state index in [4.69, 9.17) is 4.74 Å². The van der Waals surface area contributed by atoms with Crippen molar-refractivity contribution >= 4 is 18.0 Å². The normalized spacial score (nSPS) is 20.3.